The molecule has 0 saturated carbocycles. The zero-order valence-electron chi connectivity index (χ0n) is 9.33. The fraction of sp³-hybridized carbons (Fsp3) is 0.417. The number of rotatable bonds is 6. The van der Waals surface area contributed by atoms with E-state index in [2.05, 4.69) is 15.9 Å². The third kappa shape index (κ3) is 4.94. The van der Waals surface area contributed by atoms with E-state index in [9.17, 15) is 0 Å². The fourth-order valence-corrected chi connectivity index (χ4v) is 1.69. The Balaban J connectivity index is 2.27. The standard InChI is InChI=1S/C12H16BrNOS/c1-9-8-10(5-6-11(9)13)15-7-3-2-4-12(14)16/h5-6,8H,2-4,7H2,1H3,(H2,14,16). The molecule has 2 nitrogen and oxygen atoms in total. The van der Waals surface area contributed by atoms with Crippen molar-refractivity contribution in [1.29, 1.82) is 0 Å². The molecule has 0 heterocycles. The van der Waals surface area contributed by atoms with Crippen LogP contribution in [0.15, 0.2) is 22.7 Å². The lowest BCUT2D eigenvalue weighted by Gasteiger charge is -2.07. The predicted molar refractivity (Wildman–Crippen MR) is 75.0 cm³/mol. The van der Waals surface area contributed by atoms with E-state index in [-0.39, 0.29) is 0 Å². The molecule has 0 spiro atoms. The third-order valence-corrected chi connectivity index (χ3v) is 3.31. The first kappa shape index (κ1) is 13.5. The maximum absolute atomic E-state index is 5.62. The molecule has 0 unspecified atom stereocenters. The summed E-state index contributed by atoms with van der Waals surface area (Å²) in [6, 6.07) is 5.99. The largest absolute Gasteiger partial charge is 0.494 e. The summed E-state index contributed by atoms with van der Waals surface area (Å²) in [5.74, 6) is 0.913. The van der Waals surface area contributed by atoms with Crippen LogP contribution in [0, 0.1) is 6.92 Å². The topological polar surface area (TPSA) is 35.2 Å². The van der Waals surface area contributed by atoms with Crippen molar-refractivity contribution in [1.82, 2.24) is 0 Å². The number of benzene rings is 1. The molecule has 0 atom stereocenters. The number of unbranched alkanes of at least 4 members (excludes halogenated alkanes) is 1. The molecule has 0 saturated heterocycles. The molecular formula is C12H16BrNOS. The minimum absolute atomic E-state index is 0.583. The minimum atomic E-state index is 0.583. The first-order valence-electron chi connectivity index (χ1n) is 5.27. The first-order chi connectivity index (χ1) is 7.59. The van der Waals surface area contributed by atoms with Gasteiger partial charge in [-0.05, 0) is 49.9 Å². The quantitative estimate of drug-likeness (QED) is 0.644. The van der Waals surface area contributed by atoms with E-state index in [1.54, 1.807) is 0 Å². The maximum atomic E-state index is 5.62. The summed E-state index contributed by atoms with van der Waals surface area (Å²) in [5.41, 5.74) is 6.59. The highest BCUT2D eigenvalue weighted by atomic mass is 79.9. The van der Waals surface area contributed by atoms with Gasteiger partial charge in [0.25, 0.3) is 0 Å². The number of thiocarbonyl (C=S) groups is 1. The Bertz CT molecular complexity index is 368. The molecule has 0 radical (unpaired) electrons. The second-order valence-electron chi connectivity index (χ2n) is 3.68. The Labute approximate surface area is 110 Å². The molecule has 0 aliphatic rings. The minimum Gasteiger partial charge on any atom is -0.494 e. The van der Waals surface area contributed by atoms with Gasteiger partial charge in [0.05, 0.1) is 11.6 Å². The molecule has 16 heavy (non-hydrogen) atoms. The van der Waals surface area contributed by atoms with E-state index < -0.39 is 0 Å². The predicted octanol–water partition coefficient (Wildman–Crippen LogP) is 3.59. The summed E-state index contributed by atoms with van der Waals surface area (Å²) >= 11 is 8.26. The lowest BCUT2D eigenvalue weighted by Crippen LogP contribution is -2.08. The van der Waals surface area contributed by atoms with Gasteiger partial charge in [0, 0.05) is 4.47 Å². The fourth-order valence-electron chi connectivity index (χ4n) is 1.30. The van der Waals surface area contributed by atoms with Gasteiger partial charge in [0.1, 0.15) is 5.75 Å². The van der Waals surface area contributed by atoms with E-state index in [0.717, 1.165) is 29.5 Å². The van der Waals surface area contributed by atoms with Crippen LogP contribution in [0.25, 0.3) is 0 Å². The summed E-state index contributed by atoms with van der Waals surface area (Å²) < 4.78 is 6.72. The molecule has 1 aromatic carbocycles. The van der Waals surface area contributed by atoms with Crippen molar-refractivity contribution in [3.8, 4) is 5.75 Å². The van der Waals surface area contributed by atoms with Gasteiger partial charge in [-0.3, -0.25) is 0 Å². The van der Waals surface area contributed by atoms with Crippen molar-refractivity contribution >= 4 is 33.1 Å². The highest BCUT2D eigenvalue weighted by Gasteiger charge is 1.98. The van der Waals surface area contributed by atoms with Gasteiger partial charge in [-0.1, -0.05) is 28.1 Å². The number of halogens is 1. The van der Waals surface area contributed by atoms with Gasteiger partial charge in [-0.25, -0.2) is 0 Å². The van der Waals surface area contributed by atoms with Crippen molar-refractivity contribution < 1.29 is 4.74 Å². The van der Waals surface area contributed by atoms with Crippen LogP contribution in [0.4, 0.5) is 0 Å². The summed E-state index contributed by atoms with van der Waals surface area (Å²) in [6.45, 7) is 2.76. The summed E-state index contributed by atoms with van der Waals surface area (Å²) in [6.07, 6.45) is 2.77. The zero-order chi connectivity index (χ0) is 12.0. The molecule has 0 aromatic heterocycles. The number of hydrogen-bond acceptors (Lipinski definition) is 2. The smallest absolute Gasteiger partial charge is 0.119 e. The highest BCUT2D eigenvalue weighted by molar-refractivity contribution is 9.10. The monoisotopic (exact) mass is 301 g/mol. The Hall–Kier alpha value is -0.610. The third-order valence-electron chi connectivity index (χ3n) is 2.22. The van der Waals surface area contributed by atoms with Gasteiger partial charge >= 0.3 is 0 Å². The van der Waals surface area contributed by atoms with Gasteiger partial charge in [0.2, 0.25) is 0 Å². The Morgan fingerprint density at radius 1 is 1.44 bits per heavy atom. The lowest BCUT2D eigenvalue weighted by molar-refractivity contribution is 0.308. The van der Waals surface area contributed by atoms with Gasteiger partial charge < -0.3 is 10.5 Å². The Kier molecular flexibility index (Phi) is 5.77. The van der Waals surface area contributed by atoms with Gasteiger partial charge in [-0.15, -0.1) is 0 Å². The number of nitrogens with two attached hydrogens (primary N) is 1. The van der Waals surface area contributed by atoms with Crippen LogP contribution in [-0.2, 0) is 0 Å². The van der Waals surface area contributed by atoms with Crippen LogP contribution in [0.2, 0.25) is 0 Å². The zero-order valence-corrected chi connectivity index (χ0v) is 11.7. The second kappa shape index (κ2) is 6.86. The average molecular weight is 302 g/mol. The summed E-state index contributed by atoms with van der Waals surface area (Å²) in [4.78, 5) is 0.583. The molecule has 0 aliphatic carbocycles. The van der Waals surface area contributed by atoms with Crippen LogP contribution < -0.4 is 10.5 Å². The van der Waals surface area contributed by atoms with E-state index in [1.165, 1.54) is 5.56 Å². The summed E-state index contributed by atoms with van der Waals surface area (Å²) in [5, 5.41) is 0. The van der Waals surface area contributed by atoms with Crippen molar-refractivity contribution in [2.45, 2.75) is 26.2 Å². The SMILES string of the molecule is Cc1cc(OCCCCC(N)=S)ccc1Br. The summed E-state index contributed by atoms with van der Waals surface area (Å²) in [7, 11) is 0. The van der Waals surface area contributed by atoms with Crippen molar-refractivity contribution in [2.75, 3.05) is 6.61 Å². The van der Waals surface area contributed by atoms with E-state index in [1.807, 2.05) is 25.1 Å². The molecule has 4 heteroatoms. The molecule has 88 valence electrons. The lowest BCUT2D eigenvalue weighted by atomic mass is 10.2. The second-order valence-corrected chi connectivity index (χ2v) is 5.06. The van der Waals surface area contributed by atoms with Crippen LogP contribution in [0.3, 0.4) is 0 Å². The van der Waals surface area contributed by atoms with Crippen LogP contribution in [-0.4, -0.2) is 11.6 Å². The van der Waals surface area contributed by atoms with E-state index >= 15 is 0 Å². The molecule has 2 N–H and O–H groups in total. The molecule has 0 fully saturated rings. The molecule has 0 bridgehead atoms. The molecule has 0 aliphatic heterocycles. The molecule has 1 rings (SSSR count). The molecular weight excluding hydrogens is 286 g/mol. The number of hydrogen-bond donors (Lipinski definition) is 1. The Morgan fingerprint density at radius 2 is 2.19 bits per heavy atom. The normalized spacial score (nSPS) is 10.1. The van der Waals surface area contributed by atoms with Crippen molar-refractivity contribution in [2.24, 2.45) is 5.73 Å². The van der Waals surface area contributed by atoms with E-state index in [0.29, 0.717) is 11.6 Å². The number of aryl methyl sites for hydroxylation is 1. The van der Waals surface area contributed by atoms with Crippen LogP contribution >= 0.6 is 28.1 Å². The maximum Gasteiger partial charge on any atom is 0.119 e. The Morgan fingerprint density at radius 3 is 2.81 bits per heavy atom. The van der Waals surface area contributed by atoms with Crippen LogP contribution in [0.1, 0.15) is 24.8 Å². The van der Waals surface area contributed by atoms with Crippen LogP contribution in [0.5, 0.6) is 5.75 Å². The highest BCUT2D eigenvalue weighted by Crippen LogP contribution is 2.21. The van der Waals surface area contributed by atoms with Crippen molar-refractivity contribution in [3.63, 3.8) is 0 Å². The number of ether oxygens (including phenoxy) is 1. The average Bonchev–Trinajstić information content (AvgIpc) is 2.22. The van der Waals surface area contributed by atoms with E-state index in [4.69, 9.17) is 22.7 Å². The van der Waals surface area contributed by atoms with Crippen molar-refractivity contribution in [3.05, 3.63) is 28.2 Å². The van der Waals surface area contributed by atoms with Gasteiger partial charge in [-0.2, -0.15) is 0 Å². The van der Waals surface area contributed by atoms with Gasteiger partial charge in [0.15, 0.2) is 0 Å². The first-order valence-corrected chi connectivity index (χ1v) is 6.47. The molecule has 0 amide bonds. The molecule has 1 aromatic rings.